The standard InChI is InChI=1S/C13H22N2O2/c1-10(9-17-3)15(2)8-13(16)11-6-4-5-7-12(11)14/h4-7,10,13,16H,8-9,14H2,1-3H3. The zero-order valence-electron chi connectivity index (χ0n) is 10.8. The molecular weight excluding hydrogens is 216 g/mol. The van der Waals surface area contributed by atoms with Crippen LogP contribution in [-0.4, -0.2) is 43.4 Å². The number of likely N-dealkylation sites (N-methyl/N-ethyl adjacent to an activating group) is 1. The molecule has 2 unspecified atom stereocenters. The highest BCUT2D eigenvalue weighted by molar-refractivity contribution is 5.47. The predicted octanol–water partition coefficient (Wildman–Crippen LogP) is 1.27. The predicted molar refractivity (Wildman–Crippen MR) is 69.8 cm³/mol. The average molecular weight is 238 g/mol. The Morgan fingerprint density at radius 1 is 1.41 bits per heavy atom. The monoisotopic (exact) mass is 238 g/mol. The number of aliphatic hydroxyl groups is 1. The van der Waals surface area contributed by atoms with Gasteiger partial charge in [0.15, 0.2) is 0 Å². The normalized spacial score (nSPS) is 14.9. The molecule has 96 valence electrons. The molecule has 0 aromatic heterocycles. The fourth-order valence-corrected chi connectivity index (χ4v) is 1.73. The van der Waals surface area contributed by atoms with Gasteiger partial charge in [-0.15, -0.1) is 0 Å². The van der Waals surface area contributed by atoms with Crippen LogP contribution < -0.4 is 5.73 Å². The first-order valence-corrected chi connectivity index (χ1v) is 5.78. The molecule has 1 aromatic rings. The molecular formula is C13H22N2O2. The summed E-state index contributed by atoms with van der Waals surface area (Å²) in [6.07, 6.45) is -0.569. The number of anilines is 1. The molecule has 0 saturated carbocycles. The van der Waals surface area contributed by atoms with Crippen molar-refractivity contribution in [2.45, 2.75) is 19.1 Å². The van der Waals surface area contributed by atoms with Crippen LogP contribution in [0.25, 0.3) is 0 Å². The van der Waals surface area contributed by atoms with Gasteiger partial charge in [0, 0.05) is 30.9 Å². The molecule has 0 heterocycles. The Hall–Kier alpha value is -1.10. The fraction of sp³-hybridized carbons (Fsp3) is 0.538. The summed E-state index contributed by atoms with van der Waals surface area (Å²) < 4.78 is 5.09. The third-order valence-electron chi connectivity index (χ3n) is 2.98. The number of aliphatic hydroxyl groups excluding tert-OH is 1. The van der Waals surface area contributed by atoms with Crippen LogP contribution in [0.2, 0.25) is 0 Å². The summed E-state index contributed by atoms with van der Waals surface area (Å²) in [6, 6.07) is 7.67. The number of hydrogen-bond donors (Lipinski definition) is 2. The quantitative estimate of drug-likeness (QED) is 0.733. The largest absolute Gasteiger partial charge is 0.398 e. The van der Waals surface area contributed by atoms with Gasteiger partial charge in [-0.1, -0.05) is 18.2 Å². The molecule has 0 amide bonds. The van der Waals surface area contributed by atoms with E-state index < -0.39 is 6.10 Å². The summed E-state index contributed by atoms with van der Waals surface area (Å²) in [7, 11) is 3.64. The molecule has 17 heavy (non-hydrogen) atoms. The van der Waals surface area contributed by atoms with Crippen molar-refractivity contribution in [3.05, 3.63) is 29.8 Å². The van der Waals surface area contributed by atoms with Gasteiger partial charge in [0.1, 0.15) is 0 Å². The minimum atomic E-state index is -0.569. The number of nitrogen functional groups attached to an aromatic ring is 1. The summed E-state index contributed by atoms with van der Waals surface area (Å²) >= 11 is 0. The maximum Gasteiger partial charge on any atom is 0.0936 e. The lowest BCUT2D eigenvalue weighted by atomic mass is 10.1. The first-order chi connectivity index (χ1) is 8.06. The Kier molecular flexibility index (Phi) is 5.41. The topological polar surface area (TPSA) is 58.7 Å². The third kappa shape index (κ3) is 4.00. The van der Waals surface area contributed by atoms with Crippen LogP contribution in [0, 0.1) is 0 Å². The van der Waals surface area contributed by atoms with Crippen molar-refractivity contribution in [3.63, 3.8) is 0 Å². The maximum atomic E-state index is 10.1. The Morgan fingerprint density at radius 2 is 2.06 bits per heavy atom. The summed E-state index contributed by atoms with van der Waals surface area (Å²) in [4.78, 5) is 2.06. The average Bonchev–Trinajstić information content (AvgIpc) is 2.29. The van der Waals surface area contributed by atoms with Crippen LogP contribution >= 0.6 is 0 Å². The molecule has 3 N–H and O–H groups in total. The van der Waals surface area contributed by atoms with Crippen molar-refractivity contribution >= 4 is 5.69 Å². The van der Waals surface area contributed by atoms with E-state index in [1.54, 1.807) is 13.2 Å². The van der Waals surface area contributed by atoms with E-state index in [2.05, 4.69) is 11.8 Å². The van der Waals surface area contributed by atoms with E-state index in [4.69, 9.17) is 10.5 Å². The molecule has 4 heteroatoms. The molecule has 0 radical (unpaired) electrons. The summed E-state index contributed by atoms with van der Waals surface area (Å²) in [5.74, 6) is 0. The van der Waals surface area contributed by atoms with E-state index in [1.165, 1.54) is 0 Å². The Labute approximate surface area is 103 Å². The first kappa shape index (κ1) is 14.0. The van der Waals surface area contributed by atoms with Gasteiger partial charge in [0.25, 0.3) is 0 Å². The van der Waals surface area contributed by atoms with E-state index in [0.29, 0.717) is 18.8 Å². The SMILES string of the molecule is COCC(C)N(C)CC(O)c1ccccc1N. The molecule has 0 saturated heterocycles. The van der Waals surface area contributed by atoms with E-state index in [1.807, 2.05) is 25.2 Å². The van der Waals surface area contributed by atoms with Crippen molar-refractivity contribution in [1.82, 2.24) is 4.90 Å². The zero-order valence-corrected chi connectivity index (χ0v) is 10.8. The van der Waals surface area contributed by atoms with Crippen LogP contribution in [0.3, 0.4) is 0 Å². The Balaban J connectivity index is 2.60. The zero-order chi connectivity index (χ0) is 12.8. The smallest absolute Gasteiger partial charge is 0.0936 e. The molecule has 0 aliphatic rings. The number of methoxy groups -OCH3 is 1. The van der Waals surface area contributed by atoms with Crippen LogP contribution in [0.15, 0.2) is 24.3 Å². The number of nitrogens with zero attached hydrogens (tertiary/aromatic N) is 1. The second-order valence-corrected chi connectivity index (χ2v) is 4.39. The van der Waals surface area contributed by atoms with Crippen molar-refractivity contribution in [1.29, 1.82) is 0 Å². The van der Waals surface area contributed by atoms with E-state index in [9.17, 15) is 5.11 Å². The minimum absolute atomic E-state index is 0.264. The van der Waals surface area contributed by atoms with Gasteiger partial charge in [0.05, 0.1) is 12.7 Å². The number of rotatable bonds is 6. The molecule has 1 rings (SSSR count). The molecule has 0 spiro atoms. The highest BCUT2D eigenvalue weighted by Gasteiger charge is 2.16. The van der Waals surface area contributed by atoms with Gasteiger partial charge in [-0.05, 0) is 20.0 Å². The van der Waals surface area contributed by atoms with Gasteiger partial charge in [0.2, 0.25) is 0 Å². The van der Waals surface area contributed by atoms with E-state index in [-0.39, 0.29) is 6.04 Å². The lowest BCUT2D eigenvalue weighted by Crippen LogP contribution is -2.36. The maximum absolute atomic E-state index is 10.1. The van der Waals surface area contributed by atoms with Gasteiger partial charge in [-0.25, -0.2) is 0 Å². The van der Waals surface area contributed by atoms with Crippen LogP contribution in [-0.2, 0) is 4.74 Å². The minimum Gasteiger partial charge on any atom is -0.398 e. The molecule has 0 aliphatic heterocycles. The Morgan fingerprint density at radius 3 is 2.65 bits per heavy atom. The molecule has 1 aromatic carbocycles. The number of para-hydroxylation sites is 1. The second kappa shape index (κ2) is 6.59. The van der Waals surface area contributed by atoms with Crippen LogP contribution in [0.1, 0.15) is 18.6 Å². The Bertz CT molecular complexity index is 344. The lowest BCUT2D eigenvalue weighted by Gasteiger charge is -2.26. The summed E-state index contributed by atoms with van der Waals surface area (Å²) in [5.41, 5.74) is 7.24. The van der Waals surface area contributed by atoms with Gasteiger partial charge < -0.3 is 15.6 Å². The lowest BCUT2D eigenvalue weighted by molar-refractivity contribution is 0.0712. The van der Waals surface area contributed by atoms with Gasteiger partial charge in [-0.2, -0.15) is 0 Å². The number of benzene rings is 1. The van der Waals surface area contributed by atoms with Crippen molar-refractivity contribution < 1.29 is 9.84 Å². The highest BCUT2D eigenvalue weighted by Crippen LogP contribution is 2.20. The molecule has 0 fully saturated rings. The number of ether oxygens (including phenoxy) is 1. The molecule has 2 atom stereocenters. The van der Waals surface area contributed by atoms with Crippen molar-refractivity contribution in [2.75, 3.05) is 33.0 Å². The number of hydrogen-bond acceptors (Lipinski definition) is 4. The third-order valence-corrected chi connectivity index (χ3v) is 2.98. The van der Waals surface area contributed by atoms with Crippen LogP contribution in [0.4, 0.5) is 5.69 Å². The fourth-order valence-electron chi connectivity index (χ4n) is 1.73. The van der Waals surface area contributed by atoms with Gasteiger partial charge in [-0.3, -0.25) is 4.90 Å². The second-order valence-electron chi connectivity index (χ2n) is 4.39. The van der Waals surface area contributed by atoms with E-state index in [0.717, 1.165) is 5.56 Å². The summed E-state index contributed by atoms with van der Waals surface area (Å²) in [5, 5.41) is 10.1. The number of nitrogens with two attached hydrogens (primary N) is 1. The molecule has 0 aliphatic carbocycles. The molecule has 4 nitrogen and oxygen atoms in total. The van der Waals surface area contributed by atoms with Crippen molar-refractivity contribution in [2.24, 2.45) is 0 Å². The van der Waals surface area contributed by atoms with E-state index >= 15 is 0 Å². The van der Waals surface area contributed by atoms with Gasteiger partial charge >= 0.3 is 0 Å². The van der Waals surface area contributed by atoms with Crippen molar-refractivity contribution in [3.8, 4) is 0 Å². The highest BCUT2D eigenvalue weighted by atomic mass is 16.5. The molecule has 0 bridgehead atoms. The summed E-state index contributed by atoms with van der Waals surface area (Å²) in [6.45, 7) is 3.25. The first-order valence-electron chi connectivity index (χ1n) is 5.78. The van der Waals surface area contributed by atoms with Crippen LogP contribution in [0.5, 0.6) is 0 Å².